The molecule has 3 nitrogen and oxygen atoms in total. The monoisotopic (exact) mass is 232 g/mol. The van der Waals surface area contributed by atoms with Crippen LogP contribution in [0.15, 0.2) is 24.3 Å². The molecule has 0 spiro atoms. The van der Waals surface area contributed by atoms with Crippen molar-refractivity contribution < 1.29 is 13.6 Å². The van der Waals surface area contributed by atoms with Crippen LogP contribution in [0.1, 0.15) is 21.4 Å². The Morgan fingerprint density at radius 2 is 2.07 bits per heavy atom. The Bertz CT molecular complexity index is 392. The first kappa shape index (κ1) is 9.19. The first-order valence-corrected chi connectivity index (χ1v) is 4.29. The summed E-state index contributed by atoms with van der Waals surface area (Å²) in [6.07, 6.45) is 0. The van der Waals surface area contributed by atoms with Crippen LogP contribution >= 0.6 is 12.4 Å². The van der Waals surface area contributed by atoms with Crippen molar-refractivity contribution in [2.45, 2.75) is 13.0 Å². The zero-order valence-corrected chi connectivity index (χ0v) is 9.43. The lowest BCUT2D eigenvalue weighted by atomic mass is 10.1. The second-order valence-electron chi connectivity index (χ2n) is 2.96. The van der Waals surface area contributed by atoms with Crippen LogP contribution in [0.25, 0.3) is 0 Å². The van der Waals surface area contributed by atoms with Crippen LogP contribution in [0.4, 0.5) is 0 Å². The van der Waals surface area contributed by atoms with Gasteiger partial charge in [-0.2, -0.15) is 0 Å². The number of hydrogen-bond donors (Lipinski definition) is 1. The maximum atomic E-state index is 11.9. The van der Waals surface area contributed by atoms with Crippen LogP contribution in [0.3, 0.4) is 0 Å². The average molecular weight is 233 g/mol. The van der Waals surface area contributed by atoms with Gasteiger partial charge in [-0.05, 0) is 38.2 Å². The van der Waals surface area contributed by atoms with E-state index >= 15 is 0 Å². The van der Waals surface area contributed by atoms with E-state index in [9.17, 15) is 4.79 Å². The van der Waals surface area contributed by atoms with E-state index in [0.717, 1.165) is 0 Å². The fourth-order valence-electron chi connectivity index (χ4n) is 1.07. The number of carbonyl (C=O) groups is 1. The van der Waals surface area contributed by atoms with Gasteiger partial charge in [0, 0.05) is 9.68 Å². The maximum Gasteiger partial charge on any atom is 0.179 e. The predicted molar refractivity (Wildman–Crippen MR) is 63.1 cm³/mol. The van der Waals surface area contributed by atoms with Crippen LogP contribution in [0.5, 0.6) is 5.75 Å². The molecule has 0 bridgehead atoms. The summed E-state index contributed by atoms with van der Waals surface area (Å²) in [5.74, 6) is 0.391. The fraction of sp³-hybridized carbons (Fsp3) is 0.364. The number of hydrogen-bond acceptors (Lipinski definition) is 3. The van der Waals surface area contributed by atoms with E-state index in [4.69, 9.17) is 8.85 Å². The highest BCUT2D eigenvalue weighted by atomic mass is 35.5. The van der Waals surface area contributed by atoms with E-state index in [1.165, 1.54) is 14.0 Å². The molecule has 0 fully saturated rings. The Balaban J connectivity index is 0.00000289. The van der Waals surface area contributed by atoms with Gasteiger partial charge in [0.25, 0.3) is 0 Å². The highest BCUT2D eigenvalue weighted by molar-refractivity contribution is 5.99. The molecule has 0 aliphatic rings. The SMILES string of the molecule is Cl.[2H]C([2H])([2H])NC(C)C(=O)c1ccc(OC)cc1. The normalized spacial score (nSPS) is 15.2. The number of Topliss-reactive ketones (excluding diaryl/α,β-unsaturated/α-hetero) is 1. The molecular formula is C11H16ClNO2. The third-order valence-corrected chi connectivity index (χ3v) is 1.98. The quantitative estimate of drug-likeness (QED) is 0.806. The lowest BCUT2D eigenvalue weighted by molar-refractivity contribution is 0.0955. The van der Waals surface area contributed by atoms with Crippen molar-refractivity contribution in [2.75, 3.05) is 14.1 Å². The largest absolute Gasteiger partial charge is 0.497 e. The zero-order chi connectivity index (χ0) is 13.1. The third kappa shape index (κ3) is 3.53. The molecule has 84 valence electrons. The van der Waals surface area contributed by atoms with Gasteiger partial charge < -0.3 is 10.1 Å². The Morgan fingerprint density at radius 1 is 1.47 bits per heavy atom. The van der Waals surface area contributed by atoms with Gasteiger partial charge in [-0.15, -0.1) is 12.4 Å². The number of ketones is 1. The minimum Gasteiger partial charge on any atom is -0.497 e. The molecule has 0 aliphatic carbocycles. The predicted octanol–water partition coefficient (Wildman–Crippen LogP) is 1.91. The van der Waals surface area contributed by atoms with Crippen molar-refractivity contribution in [1.82, 2.24) is 5.32 Å². The van der Waals surface area contributed by atoms with E-state index in [1.807, 2.05) is 0 Å². The number of ether oxygens (including phenoxy) is 1. The number of methoxy groups -OCH3 is 1. The maximum absolute atomic E-state index is 11.9. The second-order valence-corrected chi connectivity index (χ2v) is 2.96. The van der Waals surface area contributed by atoms with Crippen molar-refractivity contribution in [3.63, 3.8) is 0 Å². The molecule has 1 rings (SSSR count). The van der Waals surface area contributed by atoms with E-state index in [-0.39, 0.29) is 18.2 Å². The standard InChI is InChI=1S/C11H15NO2.ClH/c1-8(12-2)11(13)9-4-6-10(14-3)7-5-9;/h4-8,12H,1-3H3;1H/i2D3;. The molecule has 1 atom stereocenters. The average Bonchev–Trinajstić information content (AvgIpc) is 2.26. The molecule has 1 aromatic rings. The molecule has 0 heterocycles. The molecule has 1 aromatic carbocycles. The summed E-state index contributed by atoms with van der Waals surface area (Å²) in [6, 6.07) is 5.79. The summed E-state index contributed by atoms with van der Waals surface area (Å²) >= 11 is 0. The molecule has 0 radical (unpaired) electrons. The molecule has 0 saturated heterocycles. The minimum atomic E-state index is -2.32. The first-order valence-electron chi connectivity index (χ1n) is 5.79. The number of nitrogens with one attached hydrogen (secondary N) is 1. The van der Waals surface area contributed by atoms with Crippen molar-refractivity contribution in [1.29, 1.82) is 0 Å². The molecule has 15 heavy (non-hydrogen) atoms. The highest BCUT2D eigenvalue weighted by Crippen LogP contribution is 2.12. The summed E-state index contributed by atoms with van der Waals surface area (Å²) in [4.78, 5) is 11.9. The summed E-state index contributed by atoms with van der Waals surface area (Å²) in [5, 5.41) is 2.27. The van der Waals surface area contributed by atoms with Crippen molar-refractivity contribution in [3.8, 4) is 5.75 Å². The minimum absolute atomic E-state index is 0. The summed E-state index contributed by atoms with van der Waals surface area (Å²) in [7, 11) is 1.54. The van der Waals surface area contributed by atoms with Crippen LogP contribution in [-0.4, -0.2) is 25.9 Å². The Hall–Kier alpha value is -1.06. The number of benzene rings is 1. The van der Waals surface area contributed by atoms with Gasteiger partial charge in [0.15, 0.2) is 5.78 Å². The van der Waals surface area contributed by atoms with E-state index in [0.29, 0.717) is 11.3 Å². The van der Waals surface area contributed by atoms with Gasteiger partial charge >= 0.3 is 0 Å². The van der Waals surface area contributed by atoms with Gasteiger partial charge in [-0.25, -0.2) is 0 Å². The van der Waals surface area contributed by atoms with Gasteiger partial charge in [0.2, 0.25) is 0 Å². The number of rotatable bonds is 4. The highest BCUT2D eigenvalue weighted by Gasteiger charge is 2.12. The molecular weight excluding hydrogens is 214 g/mol. The Labute approximate surface area is 100 Å². The van der Waals surface area contributed by atoms with Crippen molar-refractivity contribution >= 4 is 18.2 Å². The zero-order valence-electron chi connectivity index (χ0n) is 11.6. The smallest absolute Gasteiger partial charge is 0.179 e. The molecule has 0 aliphatic heterocycles. The number of likely N-dealkylation sites (N-methyl/N-ethyl adjacent to an activating group) is 1. The molecule has 4 heteroatoms. The molecule has 1 N–H and O–H groups in total. The second kappa shape index (κ2) is 6.43. The van der Waals surface area contributed by atoms with Crippen molar-refractivity contribution in [2.24, 2.45) is 0 Å². The first-order chi connectivity index (χ1) is 7.83. The molecule has 0 amide bonds. The van der Waals surface area contributed by atoms with Gasteiger partial charge in [-0.1, -0.05) is 0 Å². The van der Waals surface area contributed by atoms with E-state index in [2.05, 4.69) is 5.32 Å². The molecule has 0 saturated carbocycles. The van der Waals surface area contributed by atoms with Crippen LogP contribution in [0, 0.1) is 0 Å². The Morgan fingerprint density at radius 3 is 2.53 bits per heavy atom. The van der Waals surface area contributed by atoms with E-state index < -0.39 is 13.0 Å². The van der Waals surface area contributed by atoms with Gasteiger partial charge in [0.05, 0.1) is 13.2 Å². The molecule has 1 unspecified atom stereocenters. The number of carbonyl (C=O) groups excluding carboxylic acids is 1. The van der Waals surface area contributed by atoms with Gasteiger partial charge in [-0.3, -0.25) is 4.79 Å². The summed E-state index contributed by atoms with van der Waals surface area (Å²) < 4.78 is 26.1. The van der Waals surface area contributed by atoms with Crippen LogP contribution in [0.2, 0.25) is 0 Å². The summed E-state index contributed by atoms with van der Waals surface area (Å²) in [6.45, 7) is -0.791. The topological polar surface area (TPSA) is 38.3 Å². The fourth-order valence-corrected chi connectivity index (χ4v) is 1.07. The lowest BCUT2D eigenvalue weighted by Gasteiger charge is -2.08. The van der Waals surface area contributed by atoms with Gasteiger partial charge in [0.1, 0.15) is 5.75 Å². The van der Waals surface area contributed by atoms with Crippen LogP contribution < -0.4 is 10.1 Å². The van der Waals surface area contributed by atoms with Crippen LogP contribution in [-0.2, 0) is 0 Å². The Kier molecular flexibility index (Phi) is 3.94. The van der Waals surface area contributed by atoms with Crippen molar-refractivity contribution in [3.05, 3.63) is 29.8 Å². The third-order valence-electron chi connectivity index (χ3n) is 1.98. The molecule has 0 aromatic heterocycles. The summed E-state index contributed by atoms with van der Waals surface area (Å²) in [5.41, 5.74) is 0.454. The van der Waals surface area contributed by atoms with E-state index in [1.54, 1.807) is 24.3 Å². The lowest BCUT2D eigenvalue weighted by Crippen LogP contribution is -2.30. The number of halogens is 1.